The SMILES string of the molecule is CC(C)C(=O)OCC(C)C(C)OC(F)(F)F. The third-order valence-corrected chi connectivity index (χ3v) is 2.08. The molecule has 0 fully saturated rings. The monoisotopic (exact) mass is 242 g/mol. The lowest BCUT2D eigenvalue weighted by Gasteiger charge is -2.21. The van der Waals surface area contributed by atoms with Crippen LogP contribution in [0.5, 0.6) is 0 Å². The lowest BCUT2D eigenvalue weighted by atomic mass is 10.1. The van der Waals surface area contributed by atoms with E-state index in [0.29, 0.717) is 0 Å². The smallest absolute Gasteiger partial charge is 0.465 e. The molecule has 2 unspecified atom stereocenters. The van der Waals surface area contributed by atoms with Gasteiger partial charge in [0.15, 0.2) is 0 Å². The molecule has 0 aliphatic rings. The molecule has 0 heterocycles. The summed E-state index contributed by atoms with van der Waals surface area (Å²) in [6.07, 6.45) is -5.70. The molecular formula is C10H17F3O3. The predicted octanol–water partition coefficient (Wildman–Crippen LogP) is 2.75. The summed E-state index contributed by atoms with van der Waals surface area (Å²) >= 11 is 0. The first-order valence-electron chi connectivity index (χ1n) is 5.04. The Morgan fingerprint density at radius 1 is 1.19 bits per heavy atom. The first-order valence-corrected chi connectivity index (χ1v) is 5.04. The molecule has 2 atom stereocenters. The molecule has 0 aromatic heterocycles. The zero-order valence-electron chi connectivity index (χ0n) is 9.80. The van der Waals surface area contributed by atoms with E-state index in [9.17, 15) is 18.0 Å². The maximum Gasteiger partial charge on any atom is 0.522 e. The van der Waals surface area contributed by atoms with Crippen LogP contribution >= 0.6 is 0 Å². The maximum absolute atomic E-state index is 11.9. The molecule has 3 nitrogen and oxygen atoms in total. The van der Waals surface area contributed by atoms with Crippen LogP contribution in [-0.4, -0.2) is 25.0 Å². The fourth-order valence-corrected chi connectivity index (χ4v) is 0.843. The van der Waals surface area contributed by atoms with Gasteiger partial charge in [-0.15, -0.1) is 13.2 Å². The zero-order valence-corrected chi connectivity index (χ0v) is 9.80. The fraction of sp³-hybridized carbons (Fsp3) is 0.900. The molecule has 0 N–H and O–H groups in total. The molecule has 6 heteroatoms. The minimum atomic E-state index is -4.66. The predicted molar refractivity (Wildman–Crippen MR) is 51.6 cm³/mol. The Hall–Kier alpha value is -0.780. The third kappa shape index (κ3) is 6.66. The van der Waals surface area contributed by atoms with Crippen LogP contribution in [0.2, 0.25) is 0 Å². The van der Waals surface area contributed by atoms with Gasteiger partial charge in [-0.1, -0.05) is 20.8 Å². The summed E-state index contributed by atoms with van der Waals surface area (Å²) < 4.78 is 44.2. The standard InChI is InChI=1S/C10H17F3O3/c1-6(2)9(14)15-5-7(3)8(4)16-10(11,12)13/h6-8H,5H2,1-4H3. The Morgan fingerprint density at radius 2 is 1.69 bits per heavy atom. The number of alkyl halides is 3. The van der Waals surface area contributed by atoms with E-state index in [0.717, 1.165) is 0 Å². The molecule has 0 saturated heterocycles. The average molecular weight is 242 g/mol. The first kappa shape index (κ1) is 15.2. The van der Waals surface area contributed by atoms with E-state index in [2.05, 4.69) is 4.74 Å². The highest BCUT2D eigenvalue weighted by Gasteiger charge is 2.34. The third-order valence-electron chi connectivity index (χ3n) is 2.08. The van der Waals surface area contributed by atoms with Gasteiger partial charge in [0, 0.05) is 5.92 Å². The molecule has 16 heavy (non-hydrogen) atoms. The minimum absolute atomic E-state index is 0.0751. The van der Waals surface area contributed by atoms with E-state index in [-0.39, 0.29) is 12.5 Å². The summed E-state index contributed by atoms with van der Waals surface area (Å²) in [6.45, 7) is 6.06. The van der Waals surface area contributed by atoms with Crippen LogP contribution in [0.25, 0.3) is 0 Å². The second-order valence-electron chi connectivity index (χ2n) is 4.03. The molecule has 0 amide bonds. The number of hydrogen-bond acceptors (Lipinski definition) is 3. The van der Waals surface area contributed by atoms with Gasteiger partial charge in [0.05, 0.1) is 18.6 Å². The van der Waals surface area contributed by atoms with Crippen molar-refractivity contribution in [3.8, 4) is 0 Å². The molecule has 0 aliphatic carbocycles. The number of esters is 1. The van der Waals surface area contributed by atoms with Crippen LogP contribution in [-0.2, 0) is 14.3 Å². The molecule has 0 rings (SSSR count). The normalized spacial score (nSPS) is 16.0. The van der Waals surface area contributed by atoms with Crippen LogP contribution in [0, 0.1) is 11.8 Å². The van der Waals surface area contributed by atoms with Gasteiger partial charge in [-0.05, 0) is 6.92 Å². The van der Waals surface area contributed by atoms with E-state index in [1.807, 2.05) is 0 Å². The Morgan fingerprint density at radius 3 is 2.06 bits per heavy atom. The summed E-state index contributed by atoms with van der Waals surface area (Å²) in [7, 11) is 0. The number of halogens is 3. The molecule has 0 aromatic carbocycles. The number of rotatable bonds is 5. The number of ether oxygens (including phenoxy) is 2. The van der Waals surface area contributed by atoms with Crippen LogP contribution in [0.3, 0.4) is 0 Å². The van der Waals surface area contributed by atoms with E-state index < -0.39 is 24.4 Å². The molecule has 0 bridgehead atoms. The van der Waals surface area contributed by atoms with Gasteiger partial charge in [-0.3, -0.25) is 9.53 Å². The Labute approximate surface area is 92.9 Å². The Kier molecular flexibility index (Phi) is 5.78. The molecule has 0 aromatic rings. The van der Waals surface area contributed by atoms with Crippen LogP contribution in [0.1, 0.15) is 27.7 Å². The lowest BCUT2D eigenvalue weighted by Crippen LogP contribution is -2.30. The van der Waals surface area contributed by atoms with Crippen molar-refractivity contribution in [1.29, 1.82) is 0 Å². The molecule has 0 aliphatic heterocycles. The minimum Gasteiger partial charge on any atom is -0.465 e. The van der Waals surface area contributed by atoms with Crippen molar-refractivity contribution in [2.45, 2.75) is 40.2 Å². The summed E-state index contributed by atoms with van der Waals surface area (Å²) in [4.78, 5) is 11.1. The van der Waals surface area contributed by atoms with Gasteiger partial charge >= 0.3 is 12.3 Å². The van der Waals surface area contributed by atoms with Crippen LogP contribution in [0.15, 0.2) is 0 Å². The van der Waals surface area contributed by atoms with Gasteiger partial charge in [-0.2, -0.15) is 0 Å². The van der Waals surface area contributed by atoms with Crippen molar-refractivity contribution in [3.05, 3.63) is 0 Å². The molecule has 96 valence electrons. The van der Waals surface area contributed by atoms with Gasteiger partial charge in [0.2, 0.25) is 0 Å². The van der Waals surface area contributed by atoms with Gasteiger partial charge in [0.1, 0.15) is 0 Å². The average Bonchev–Trinajstić information content (AvgIpc) is 2.10. The van der Waals surface area contributed by atoms with Gasteiger partial charge < -0.3 is 4.74 Å². The van der Waals surface area contributed by atoms with Crippen molar-refractivity contribution < 1.29 is 27.4 Å². The largest absolute Gasteiger partial charge is 0.522 e. The van der Waals surface area contributed by atoms with Crippen LogP contribution < -0.4 is 0 Å². The number of carbonyl (C=O) groups is 1. The van der Waals surface area contributed by atoms with Crippen molar-refractivity contribution in [3.63, 3.8) is 0 Å². The van der Waals surface area contributed by atoms with Crippen molar-refractivity contribution in [2.24, 2.45) is 11.8 Å². The number of hydrogen-bond donors (Lipinski definition) is 0. The van der Waals surface area contributed by atoms with Gasteiger partial charge in [-0.25, -0.2) is 0 Å². The Bertz CT molecular complexity index is 226. The maximum atomic E-state index is 11.9. The van der Waals surface area contributed by atoms with Crippen molar-refractivity contribution in [1.82, 2.24) is 0 Å². The fourth-order valence-electron chi connectivity index (χ4n) is 0.843. The highest BCUT2D eigenvalue weighted by molar-refractivity contribution is 5.71. The second kappa shape index (κ2) is 6.08. The van der Waals surface area contributed by atoms with E-state index in [1.165, 1.54) is 13.8 Å². The quantitative estimate of drug-likeness (QED) is 0.695. The van der Waals surface area contributed by atoms with Crippen LogP contribution in [0.4, 0.5) is 13.2 Å². The van der Waals surface area contributed by atoms with E-state index in [4.69, 9.17) is 4.74 Å². The second-order valence-corrected chi connectivity index (χ2v) is 4.03. The molecular weight excluding hydrogens is 225 g/mol. The number of carbonyl (C=O) groups excluding carboxylic acids is 1. The molecule has 0 radical (unpaired) electrons. The van der Waals surface area contributed by atoms with Crippen molar-refractivity contribution >= 4 is 5.97 Å². The topological polar surface area (TPSA) is 35.5 Å². The summed E-state index contributed by atoms with van der Waals surface area (Å²) in [5.74, 6) is -1.22. The Balaban J connectivity index is 3.97. The molecule has 0 spiro atoms. The zero-order chi connectivity index (χ0) is 12.9. The highest BCUT2D eigenvalue weighted by Crippen LogP contribution is 2.22. The van der Waals surface area contributed by atoms with E-state index >= 15 is 0 Å². The summed E-state index contributed by atoms with van der Waals surface area (Å²) in [5, 5.41) is 0. The van der Waals surface area contributed by atoms with E-state index in [1.54, 1.807) is 13.8 Å². The summed E-state index contributed by atoms with van der Waals surface area (Å²) in [6, 6.07) is 0. The highest BCUT2D eigenvalue weighted by atomic mass is 19.4. The van der Waals surface area contributed by atoms with Crippen molar-refractivity contribution in [2.75, 3.05) is 6.61 Å². The summed E-state index contributed by atoms with van der Waals surface area (Å²) in [5.41, 5.74) is 0. The lowest BCUT2D eigenvalue weighted by molar-refractivity contribution is -0.346. The molecule has 0 saturated carbocycles. The first-order chi connectivity index (χ1) is 7.13. The van der Waals surface area contributed by atoms with Gasteiger partial charge in [0.25, 0.3) is 0 Å².